The van der Waals surface area contributed by atoms with Gasteiger partial charge in [0.15, 0.2) is 0 Å². The molecule has 27 heavy (non-hydrogen) atoms. The molecule has 0 aliphatic heterocycles. The van der Waals surface area contributed by atoms with E-state index in [1.165, 1.54) is 19.3 Å². The number of rotatable bonds is 1. The molecule has 0 radical (unpaired) electrons. The molecule has 0 spiro atoms. The van der Waals surface area contributed by atoms with Gasteiger partial charge in [0.1, 0.15) is 0 Å². The second kappa shape index (κ2) is 7.05. The predicted octanol–water partition coefficient (Wildman–Crippen LogP) is 7.96. The molecule has 11 unspecified atom stereocenters. The van der Waals surface area contributed by atoms with E-state index in [1.807, 2.05) is 0 Å². The first-order chi connectivity index (χ1) is 13.0. The van der Waals surface area contributed by atoms with E-state index in [4.69, 9.17) is 0 Å². The van der Waals surface area contributed by atoms with E-state index in [0.29, 0.717) is 5.41 Å². The van der Waals surface area contributed by atoms with Crippen LogP contribution in [0.2, 0.25) is 0 Å². The van der Waals surface area contributed by atoms with Gasteiger partial charge in [-0.15, -0.1) is 0 Å². The van der Waals surface area contributed by atoms with Crippen molar-refractivity contribution in [3.05, 3.63) is 0 Å². The average molecular weight is 371 g/mol. The molecule has 5 saturated carbocycles. The number of hydrogen-bond donors (Lipinski definition) is 0. The van der Waals surface area contributed by atoms with Crippen molar-refractivity contribution in [2.75, 3.05) is 0 Å². The van der Waals surface area contributed by atoms with Crippen LogP contribution < -0.4 is 0 Å². The molecule has 5 rings (SSSR count). The Balaban J connectivity index is 1.57. The lowest BCUT2D eigenvalue weighted by molar-refractivity contribution is -0.136. The van der Waals surface area contributed by atoms with Crippen LogP contribution in [-0.4, -0.2) is 0 Å². The molecule has 5 aliphatic carbocycles. The summed E-state index contributed by atoms with van der Waals surface area (Å²) in [6, 6.07) is 0. The van der Waals surface area contributed by atoms with Gasteiger partial charge < -0.3 is 0 Å². The molecule has 0 aromatic carbocycles. The third-order valence-electron chi connectivity index (χ3n) is 11.1. The highest BCUT2D eigenvalue weighted by atomic mass is 14.6. The van der Waals surface area contributed by atoms with Crippen LogP contribution in [0.1, 0.15) is 105 Å². The third-order valence-corrected chi connectivity index (χ3v) is 11.1. The minimum Gasteiger partial charge on any atom is -0.0651 e. The van der Waals surface area contributed by atoms with Crippen LogP contribution in [0.5, 0.6) is 0 Å². The van der Waals surface area contributed by atoms with Gasteiger partial charge >= 0.3 is 0 Å². The van der Waals surface area contributed by atoms with E-state index in [0.717, 1.165) is 59.2 Å². The summed E-state index contributed by atoms with van der Waals surface area (Å²) >= 11 is 0. The Bertz CT molecular complexity index is 536. The molecule has 0 heterocycles. The van der Waals surface area contributed by atoms with Crippen LogP contribution in [0.4, 0.5) is 0 Å². The smallest absolute Gasteiger partial charge is 0.0264 e. The normalized spacial score (nSPS) is 57.8. The van der Waals surface area contributed by atoms with Crippen molar-refractivity contribution in [2.45, 2.75) is 105 Å². The van der Waals surface area contributed by atoms with Crippen molar-refractivity contribution in [1.29, 1.82) is 0 Å². The molecule has 4 bridgehead atoms. The lowest BCUT2D eigenvalue weighted by Gasteiger charge is -2.62. The van der Waals surface area contributed by atoms with Crippen molar-refractivity contribution < 1.29 is 0 Å². The standard InChI is InChI=1S/C27H46/c1-5-20-13-19-8-6-7-17(2)11-21-15-24-23(20)10-9-22-12-18(3)16-27(22,4)25(14-19)26(21)24/h17-26H,5-16H2,1-4H3. The summed E-state index contributed by atoms with van der Waals surface area (Å²) in [7, 11) is 0. The highest BCUT2D eigenvalue weighted by molar-refractivity contribution is 5.09. The fraction of sp³-hybridized carbons (Fsp3) is 1.00. The van der Waals surface area contributed by atoms with Crippen molar-refractivity contribution in [1.82, 2.24) is 0 Å². The van der Waals surface area contributed by atoms with Crippen LogP contribution >= 0.6 is 0 Å². The maximum Gasteiger partial charge on any atom is -0.0264 e. The summed E-state index contributed by atoms with van der Waals surface area (Å²) in [5.74, 6) is 10.7. The fourth-order valence-electron chi connectivity index (χ4n) is 10.0. The molecular formula is C27H46. The molecule has 5 fully saturated rings. The Hall–Kier alpha value is 0. The molecule has 0 saturated heterocycles. The topological polar surface area (TPSA) is 0 Å². The molecule has 0 amide bonds. The highest BCUT2D eigenvalue weighted by Gasteiger charge is 2.60. The van der Waals surface area contributed by atoms with Gasteiger partial charge in [0.25, 0.3) is 0 Å². The lowest BCUT2D eigenvalue weighted by Crippen LogP contribution is -2.55. The van der Waals surface area contributed by atoms with E-state index in [-0.39, 0.29) is 0 Å². The van der Waals surface area contributed by atoms with Gasteiger partial charge in [0.2, 0.25) is 0 Å². The summed E-state index contributed by atoms with van der Waals surface area (Å²) < 4.78 is 0. The SMILES string of the molecule is CCC1CC2CCCC(C)CC3CC4C1CCC1CC(C)CC1(C)C(C2)C34. The van der Waals surface area contributed by atoms with Gasteiger partial charge in [-0.05, 0) is 116 Å². The third kappa shape index (κ3) is 3.06. The lowest BCUT2D eigenvalue weighted by atomic mass is 9.42. The van der Waals surface area contributed by atoms with Crippen LogP contribution in [-0.2, 0) is 0 Å². The first kappa shape index (κ1) is 19.0. The summed E-state index contributed by atoms with van der Waals surface area (Å²) in [6.45, 7) is 10.5. The Kier molecular flexibility index (Phi) is 4.96. The first-order valence-corrected chi connectivity index (χ1v) is 13.0. The average Bonchev–Trinajstić information content (AvgIpc) is 2.89. The first-order valence-electron chi connectivity index (χ1n) is 13.0. The summed E-state index contributed by atoms with van der Waals surface area (Å²) in [5.41, 5.74) is 0.686. The molecular weight excluding hydrogens is 324 g/mol. The zero-order chi connectivity index (χ0) is 18.8. The van der Waals surface area contributed by atoms with E-state index in [9.17, 15) is 0 Å². The second-order valence-corrected chi connectivity index (χ2v) is 12.6. The molecule has 0 aromatic rings. The minimum atomic E-state index is 0.686. The van der Waals surface area contributed by atoms with Crippen LogP contribution in [0.15, 0.2) is 0 Å². The summed E-state index contributed by atoms with van der Waals surface area (Å²) in [5, 5.41) is 0. The maximum absolute atomic E-state index is 2.80. The van der Waals surface area contributed by atoms with E-state index < -0.39 is 0 Å². The molecule has 5 aliphatic rings. The summed E-state index contributed by atoms with van der Waals surface area (Å²) in [4.78, 5) is 0. The second-order valence-electron chi connectivity index (χ2n) is 12.6. The zero-order valence-electron chi connectivity index (χ0n) is 18.8. The summed E-state index contributed by atoms with van der Waals surface area (Å²) in [6.07, 6.45) is 18.8. The molecule has 0 aromatic heterocycles. The van der Waals surface area contributed by atoms with E-state index in [1.54, 1.807) is 57.8 Å². The quantitative estimate of drug-likeness (QED) is 0.439. The van der Waals surface area contributed by atoms with E-state index in [2.05, 4.69) is 27.7 Å². The van der Waals surface area contributed by atoms with Gasteiger partial charge in [-0.3, -0.25) is 0 Å². The van der Waals surface area contributed by atoms with Gasteiger partial charge in [0, 0.05) is 0 Å². The largest absolute Gasteiger partial charge is 0.0651 e. The highest BCUT2D eigenvalue weighted by Crippen LogP contribution is 2.67. The number of hydrogen-bond acceptors (Lipinski definition) is 0. The van der Waals surface area contributed by atoms with Crippen molar-refractivity contribution in [3.8, 4) is 0 Å². The van der Waals surface area contributed by atoms with Gasteiger partial charge in [0.05, 0.1) is 0 Å². The van der Waals surface area contributed by atoms with Gasteiger partial charge in [-0.25, -0.2) is 0 Å². The van der Waals surface area contributed by atoms with Crippen LogP contribution in [0, 0.1) is 64.6 Å². The maximum atomic E-state index is 2.80. The predicted molar refractivity (Wildman–Crippen MR) is 115 cm³/mol. The monoisotopic (exact) mass is 370 g/mol. The van der Waals surface area contributed by atoms with Crippen LogP contribution in [0.3, 0.4) is 0 Å². The Labute approximate surface area is 169 Å². The molecule has 0 nitrogen and oxygen atoms in total. The minimum absolute atomic E-state index is 0.686. The molecule has 154 valence electrons. The molecule has 0 N–H and O–H groups in total. The zero-order valence-corrected chi connectivity index (χ0v) is 18.8. The molecule has 0 heteroatoms. The van der Waals surface area contributed by atoms with Crippen LogP contribution in [0.25, 0.3) is 0 Å². The van der Waals surface area contributed by atoms with Crippen molar-refractivity contribution >= 4 is 0 Å². The van der Waals surface area contributed by atoms with Gasteiger partial charge in [-0.1, -0.05) is 53.4 Å². The van der Waals surface area contributed by atoms with Crippen molar-refractivity contribution in [2.24, 2.45) is 64.6 Å². The van der Waals surface area contributed by atoms with Crippen molar-refractivity contribution in [3.63, 3.8) is 0 Å². The fourth-order valence-corrected chi connectivity index (χ4v) is 10.0. The molecule has 11 atom stereocenters. The van der Waals surface area contributed by atoms with Gasteiger partial charge in [-0.2, -0.15) is 0 Å². The van der Waals surface area contributed by atoms with E-state index >= 15 is 0 Å². The Morgan fingerprint density at radius 3 is 2.48 bits per heavy atom. The Morgan fingerprint density at radius 2 is 1.67 bits per heavy atom. The Morgan fingerprint density at radius 1 is 0.815 bits per heavy atom. The number of fused-ring (bicyclic) bond motifs is 2.